The van der Waals surface area contributed by atoms with Gasteiger partial charge in [-0.2, -0.15) is 13.2 Å². The molecule has 0 spiro atoms. The molecule has 0 fully saturated rings. The normalized spacial score (nSPS) is 11.8. The Labute approximate surface area is 148 Å². The third-order valence-electron chi connectivity index (χ3n) is 3.31. The van der Waals surface area contributed by atoms with Crippen LogP contribution in [0, 0.1) is 0 Å². The van der Waals surface area contributed by atoms with Crippen LogP contribution in [0.25, 0.3) is 0 Å². The van der Waals surface area contributed by atoms with Crippen LogP contribution in [0.5, 0.6) is 0 Å². The van der Waals surface area contributed by atoms with Gasteiger partial charge in [0.1, 0.15) is 5.69 Å². The molecule has 2 rings (SSSR count). The lowest BCUT2D eigenvalue weighted by Gasteiger charge is -2.15. The highest BCUT2D eigenvalue weighted by Gasteiger charge is 2.35. The lowest BCUT2D eigenvalue weighted by atomic mass is 10.2. The molecule has 0 aliphatic carbocycles. The second kappa shape index (κ2) is 6.85. The van der Waals surface area contributed by atoms with Crippen molar-refractivity contribution in [3.8, 4) is 0 Å². The van der Waals surface area contributed by atoms with E-state index in [0.717, 1.165) is 7.05 Å². The number of rotatable bonds is 3. The molecule has 0 saturated heterocycles. The molecule has 10 heteroatoms. The maximum atomic E-state index is 12.8. The Hall–Kier alpha value is -1.38. The average Bonchev–Trinajstić information content (AvgIpc) is 2.45. The highest BCUT2D eigenvalue weighted by Crippen LogP contribution is 2.32. The van der Waals surface area contributed by atoms with E-state index in [1.165, 1.54) is 23.9 Å². The minimum Gasteiger partial charge on any atom is -0.292 e. The van der Waals surface area contributed by atoms with Crippen LogP contribution >= 0.6 is 35.0 Å². The Morgan fingerprint density at radius 3 is 2.33 bits per heavy atom. The quantitative estimate of drug-likeness (QED) is 0.741. The molecule has 2 aromatic rings. The van der Waals surface area contributed by atoms with Crippen molar-refractivity contribution in [3.63, 3.8) is 0 Å². The van der Waals surface area contributed by atoms with E-state index in [2.05, 4.69) is 0 Å². The summed E-state index contributed by atoms with van der Waals surface area (Å²) in [5.41, 5.74) is -2.95. The molecule has 0 aliphatic heterocycles. The minimum atomic E-state index is -4.80. The maximum absolute atomic E-state index is 12.8. The Kier molecular flexibility index (Phi) is 5.41. The van der Waals surface area contributed by atoms with Gasteiger partial charge in [-0.3, -0.25) is 13.9 Å². The first kappa shape index (κ1) is 19.0. The van der Waals surface area contributed by atoms with E-state index >= 15 is 0 Å². The highest BCUT2D eigenvalue weighted by molar-refractivity contribution is 7.98. The monoisotopic (exact) mass is 398 g/mol. The summed E-state index contributed by atoms with van der Waals surface area (Å²) in [6.45, 7) is -0.236. The second-order valence-corrected chi connectivity index (χ2v) is 6.53. The lowest BCUT2D eigenvalue weighted by Crippen LogP contribution is -2.41. The molecule has 130 valence electrons. The molecule has 1 heterocycles. The number of hydrogen-bond acceptors (Lipinski definition) is 3. The summed E-state index contributed by atoms with van der Waals surface area (Å²) in [4.78, 5) is 24.8. The summed E-state index contributed by atoms with van der Waals surface area (Å²) in [6, 6.07) is 3.42. The topological polar surface area (TPSA) is 44.0 Å². The van der Waals surface area contributed by atoms with Crippen molar-refractivity contribution in [2.75, 3.05) is 6.26 Å². The van der Waals surface area contributed by atoms with Gasteiger partial charge in [-0.1, -0.05) is 23.2 Å². The fraction of sp³-hybridized carbons (Fsp3) is 0.286. The molecule has 0 amide bonds. The molecule has 0 bridgehead atoms. The van der Waals surface area contributed by atoms with Crippen LogP contribution in [-0.2, 0) is 19.8 Å². The smallest absolute Gasteiger partial charge is 0.292 e. The molecule has 0 saturated carbocycles. The molecule has 0 aliphatic rings. The summed E-state index contributed by atoms with van der Waals surface area (Å²) in [7, 11) is 0.960. The molecule has 0 atom stereocenters. The van der Waals surface area contributed by atoms with Crippen molar-refractivity contribution in [3.05, 3.63) is 60.3 Å². The lowest BCUT2D eigenvalue weighted by molar-refractivity contribution is -0.144. The Bertz CT molecular complexity index is 907. The van der Waals surface area contributed by atoms with Crippen LogP contribution in [-0.4, -0.2) is 15.4 Å². The molecule has 0 N–H and O–H groups in total. The predicted molar refractivity (Wildman–Crippen MR) is 88.3 cm³/mol. The molecule has 0 unspecified atom stereocenters. The van der Waals surface area contributed by atoms with Crippen LogP contribution in [0.2, 0.25) is 10.0 Å². The van der Waals surface area contributed by atoms with Gasteiger partial charge in [0.05, 0.1) is 11.6 Å². The van der Waals surface area contributed by atoms with Crippen LogP contribution in [0.3, 0.4) is 0 Å². The Morgan fingerprint density at radius 1 is 1.17 bits per heavy atom. The van der Waals surface area contributed by atoms with Gasteiger partial charge in [0, 0.05) is 23.0 Å². The average molecular weight is 399 g/mol. The molecular formula is C14H11Cl2F3N2O2S. The first-order valence-electron chi connectivity index (χ1n) is 6.46. The van der Waals surface area contributed by atoms with Gasteiger partial charge in [0.15, 0.2) is 0 Å². The third kappa shape index (κ3) is 3.65. The predicted octanol–water partition coefficient (Wildman–Crippen LogP) is 3.64. The summed E-state index contributed by atoms with van der Waals surface area (Å²) in [5, 5.41) is 0.631. The molecule has 1 aromatic carbocycles. The van der Waals surface area contributed by atoms with Crippen molar-refractivity contribution in [2.24, 2.45) is 7.05 Å². The van der Waals surface area contributed by atoms with Crippen molar-refractivity contribution in [1.82, 2.24) is 9.13 Å². The minimum absolute atomic E-state index is 0.236. The van der Waals surface area contributed by atoms with Gasteiger partial charge in [-0.05, 0) is 24.0 Å². The van der Waals surface area contributed by atoms with Crippen LogP contribution in [0.4, 0.5) is 13.2 Å². The largest absolute Gasteiger partial charge is 0.431 e. The van der Waals surface area contributed by atoms with Gasteiger partial charge < -0.3 is 0 Å². The summed E-state index contributed by atoms with van der Waals surface area (Å²) in [5.74, 6) is 0. The molecule has 4 nitrogen and oxygen atoms in total. The van der Waals surface area contributed by atoms with E-state index in [0.29, 0.717) is 35.7 Å². The van der Waals surface area contributed by atoms with Gasteiger partial charge >= 0.3 is 11.9 Å². The Morgan fingerprint density at radius 2 is 1.79 bits per heavy atom. The molecule has 0 radical (unpaired) electrons. The second-order valence-electron chi connectivity index (χ2n) is 4.87. The standard InChI is InChI=1S/C14H11Cl2F3N2O2S/c1-20-10(14(17,18)19)5-11(22)21(13(20)23)6-7-3-8(15)4-9(16)12(7)24-2/h3-5H,6H2,1-2H3. The zero-order valence-corrected chi connectivity index (χ0v) is 14.8. The van der Waals surface area contributed by atoms with E-state index in [4.69, 9.17) is 23.2 Å². The molecular weight excluding hydrogens is 388 g/mol. The first-order chi connectivity index (χ1) is 11.1. The van der Waals surface area contributed by atoms with Crippen molar-refractivity contribution in [1.29, 1.82) is 0 Å². The van der Waals surface area contributed by atoms with E-state index in [9.17, 15) is 22.8 Å². The molecule has 1 aromatic heterocycles. The van der Waals surface area contributed by atoms with E-state index < -0.39 is 23.1 Å². The zero-order valence-electron chi connectivity index (χ0n) is 12.4. The van der Waals surface area contributed by atoms with Crippen LogP contribution in [0.15, 0.2) is 32.7 Å². The number of nitrogens with zero attached hydrogens (tertiary/aromatic N) is 2. The SMILES string of the molecule is CSc1c(Cl)cc(Cl)cc1Cn1c(=O)cc(C(F)(F)F)n(C)c1=O. The van der Waals surface area contributed by atoms with Crippen molar-refractivity contribution >= 4 is 35.0 Å². The van der Waals surface area contributed by atoms with Gasteiger partial charge in [-0.15, -0.1) is 11.8 Å². The van der Waals surface area contributed by atoms with E-state index in [1.807, 2.05) is 0 Å². The number of halogens is 5. The van der Waals surface area contributed by atoms with E-state index in [-0.39, 0.29) is 6.54 Å². The third-order valence-corrected chi connectivity index (χ3v) is 4.83. The fourth-order valence-electron chi connectivity index (χ4n) is 2.22. The van der Waals surface area contributed by atoms with Gasteiger partial charge in [0.2, 0.25) is 0 Å². The number of benzene rings is 1. The summed E-state index contributed by atoms with van der Waals surface area (Å²) in [6.07, 6.45) is -3.05. The van der Waals surface area contributed by atoms with Gasteiger partial charge in [0.25, 0.3) is 5.56 Å². The van der Waals surface area contributed by atoms with Crippen molar-refractivity contribution in [2.45, 2.75) is 17.6 Å². The van der Waals surface area contributed by atoms with Crippen molar-refractivity contribution < 1.29 is 13.2 Å². The van der Waals surface area contributed by atoms with Gasteiger partial charge in [-0.25, -0.2) is 4.79 Å². The van der Waals surface area contributed by atoms with Crippen LogP contribution < -0.4 is 11.2 Å². The first-order valence-corrected chi connectivity index (χ1v) is 8.44. The fourth-order valence-corrected chi connectivity index (χ4v) is 3.62. The Balaban J connectivity index is 2.63. The zero-order chi connectivity index (χ0) is 18.2. The number of alkyl halides is 3. The number of thioether (sulfide) groups is 1. The summed E-state index contributed by atoms with van der Waals surface area (Å²) < 4.78 is 39.6. The number of hydrogen-bond donors (Lipinski definition) is 0. The number of aromatic nitrogens is 2. The maximum Gasteiger partial charge on any atom is 0.431 e. The molecule has 24 heavy (non-hydrogen) atoms. The van der Waals surface area contributed by atoms with E-state index in [1.54, 1.807) is 6.26 Å². The summed E-state index contributed by atoms with van der Waals surface area (Å²) >= 11 is 13.3. The van der Waals surface area contributed by atoms with Crippen LogP contribution in [0.1, 0.15) is 11.3 Å². The highest BCUT2D eigenvalue weighted by atomic mass is 35.5.